The predicted molar refractivity (Wildman–Crippen MR) is 51.1 cm³/mol. The number of nitrogens with two attached hydrogens (primary N) is 1. The Morgan fingerprint density at radius 1 is 1.46 bits per heavy atom. The van der Waals surface area contributed by atoms with E-state index < -0.39 is 0 Å². The SMILES string of the molecule is NC(=O)c1cccc2c1C=NCC2. The van der Waals surface area contributed by atoms with Gasteiger partial charge in [-0.2, -0.15) is 0 Å². The van der Waals surface area contributed by atoms with E-state index >= 15 is 0 Å². The zero-order chi connectivity index (χ0) is 9.26. The van der Waals surface area contributed by atoms with Crippen molar-refractivity contribution in [3.05, 3.63) is 34.9 Å². The number of hydrogen-bond donors (Lipinski definition) is 1. The van der Waals surface area contributed by atoms with Crippen LogP contribution in [0.25, 0.3) is 0 Å². The van der Waals surface area contributed by atoms with Gasteiger partial charge in [-0.1, -0.05) is 12.1 Å². The molecule has 13 heavy (non-hydrogen) atoms. The Bertz CT molecular complexity index is 383. The van der Waals surface area contributed by atoms with E-state index in [1.807, 2.05) is 12.1 Å². The lowest BCUT2D eigenvalue weighted by Gasteiger charge is -2.11. The maximum Gasteiger partial charge on any atom is 0.249 e. The Morgan fingerprint density at radius 3 is 3.08 bits per heavy atom. The molecule has 2 N–H and O–H groups in total. The summed E-state index contributed by atoms with van der Waals surface area (Å²) < 4.78 is 0. The van der Waals surface area contributed by atoms with Crippen LogP contribution in [0.3, 0.4) is 0 Å². The minimum Gasteiger partial charge on any atom is -0.366 e. The summed E-state index contributed by atoms with van der Waals surface area (Å²) in [6.07, 6.45) is 2.63. The summed E-state index contributed by atoms with van der Waals surface area (Å²) in [5.41, 5.74) is 7.86. The molecule has 1 aliphatic heterocycles. The van der Waals surface area contributed by atoms with Crippen LogP contribution in [0.15, 0.2) is 23.2 Å². The molecule has 1 heterocycles. The number of rotatable bonds is 1. The third kappa shape index (κ3) is 1.33. The number of fused-ring (bicyclic) bond motifs is 1. The molecule has 1 amide bonds. The summed E-state index contributed by atoms with van der Waals surface area (Å²) in [6.45, 7) is 0.801. The molecule has 0 saturated carbocycles. The van der Waals surface area contributed by atoms with Crippen LogP contribution in [0, 0.1) is 0 Å². The lowest BCUT2D eigenvalue weighted by atomic mass is 9.97. The minimum absolute atomic E-state index is 0.384. The quantitative estimate of drug-likeness (QED) is 0.671. The normalized spacial score (nSPS) is 13.8. The van der Waals surface area contributed by atoms with Crippen molar-refractivity contribution >= 4 is 12.1 Å². The Kier molecular flexibility index (Phi) is 1.85. The fraction of sp³-hybridized carbons (Fsp3) is 0.200. The number of primary amides is 1. The van der Waals surface area contributed by atoms with Gasteiger partial charge in [-0.25, -0.2) is 0 Å². The van der Waals surface area contributed by atoms with Crippen molar-refractivity contribution in [2.45, 2.75) is 6.42 Å². The smallest absolute Gasteiger partial charge is 0.249 e. The van der Waals surface area contributed by atoms with E-state index in [4.69, 9.17) is 5.73 Å². The van der Waals surface area contributed by atoms with Gasteiger partial charge in [0.1, 0.15) is 0 Å². The predicted octanol–water partition coefficient (Wildman–Crippen LogP) is 0.761. The Morgan fingerprint density at radius 2 is 2.31 bits per heavy atom. The van der Waals surface area contributed by atoms with Crippen molar-refractivity contribution in [2.24, 2.45) is 10.7 Å². The standard InChI is InChI=1S/C10H10N2O/c11-10(13)8-3-1-2-7-4-5-12-6-9(7)8/h1-3,6H,4-5H2,(H2,11,13). The summed E-state index contributed by atoms with van der Waals surface area (Å²) in [5, 5.41) is 0. The highest BCUT2D eigenvalue weighted by atomic mass is 16.1. The van der Waals surface area contributed by atoms with E-state index in [0.29, 0.717) is 5.56 Å². The third-order valence-electron chi connectivity index (χ3n) is 2.19. The molecule has 3 heteroatoms. The topological polar surface area (TPSA) is 55.5 Å². The van der Waals surface area contributed by atoms with E-state index in [-0.39, 0.29) is 5.91 Å². The van der Waals surface area contributed by atoms with Crippen molar-refractivity contribution in [1.29, 1.82) is 0 Å². The summed E-state index contributed by atoms with van der Waals surface area (Å²) in [7, 11) is 0. The largest absolute Gasteiger partial charge is 0.366 e. The average molecular weight is 174 g/mol. The van der Waals surface area contributed by atoms with Gasteiger partial charge in [0.2, 0.25) is 5.91 Å². The zero-order valence-electron chi connectivity index (χ0n) is 7.16. The van der Waals surface area contributed by atoms with Crippen LogP contribution in [0.4, 0.5) is 0 Å². The highest BCUT2D eigenvalue weighted by Crippen LogP contribution is 2.16. The van der Waals surface area contributed by atoms with E-state index in [1.54, 1.807) is 12.3 Å². The first-order valence-corrected chi connectivity index (χ1v) is 4.20. The van der Waals surface area contributed by atoms with Gasteiger partial charge in [-0.15, -0.1) is 0 Å². The molecule has 0 spiro atoms. The van der Waals surface area contributed by atoms with Crippen LogP contribution >= 0.6 is 0 Å². The van der Waals surface area contributed by atoms with Gasteiger partial charge in [0.15, 0.2) is 0 Å². The number of aliphatic imine (C=N–C) groups is 1. The average Bonchev–Trinajstić information content (AvgIpc) is 2.17. The third-order valence-corrected chi connectivity index (χ3v) is 2.19. The molecule has 0 atom stereocenters. The van der Waals surface area contributed by atoms with Crippen molar-refractivity contribution in [3.8, 4) is 0 Å². The molecule has 0 unspecified atom stereocenters. The van der Waals surface area contributed by atoms with Gasteiger partial charge in [0, 0.05) is 23.9 Å². The fourth-order valence-electron chi connectivity index (χ4n) is 1.54. The number of amides is 1. The molecule has 2 rings (SSSR count). The lowest BCUT2D eigenvalue weighted by Crippen LogP contribution is -2.16. The van der Waals surface area contributed by atoms with Gasteiger partial charge in [-0.05, 0) is 18.1 Å². The number of benzene rings is 1. The second-order valence-corrected chi connectivity index (χ2v) is 3.03. The summed E-state index contributed by atoms with van der Waals surface area (Å²) in [4.78, 5) is 15.2. The fourth-order valence-corrected chi connectivity index (χ4v) is 1.54. The minimum atomic E-state index is -0.384. The molecule has 0 aliphatic carbocycles. The van der Waals surface area contributed by atoms with Crippen LogP contribution in [-0.2, 0) is 6.42 Å². The summed E-state index contributed by atoms with van der Waals surface area (Å²) in [5.74, 6) is -0.384. The molecule has 0 bridgehead atoms. The number of carbonyl (C=O) groups excluding carboxylic acids is 1. The molecule has 3 nitrogen and oxygen atoms in total. The Hall–Kier alpha value is -1.64. The van der Waals surface area contributed by atoms with E-state index in [9.17, 15) is 4.79 Å². The van der Waals surface area contributed by atoms with Crippen LogP contribution in [0.5, 0.6) is 0 Å². The molecular formula is C10H10N2O. The second-order valence-electron chi connectivity index (χ2n) is 3.03. The van der Waals surface area contributed by atoms with Crippen molar-refractivity contribution in [1.82, 2.24) is 0 Å². The highest BCUT2D eigenvalue weighted by molar-refractivity contribution is 6.02. The molecule has 66 valence electrons. The van der Waals surface area contributed by atoms with E-state index in [1.165, 1.54) is 0 Å². The van der Waals surface area contributed by atoms with Crippen LogP contribution in [-0.4, -0.2) is 18.7 Å². The van der Waals surface area contributed by atoms with Gasteiger partial charge in [-0.3, -0.25) is 9.79 Å². The van der Waals surface area contributed by atoms with Gasteiger partial charge in [0.25, 0.3) is 0 Å². The first-order chi connectivity index (χ1) is 6.29. The number of hydrogen-bond acceptors (Lipinski definition) is 2. The Balaban J connectivity index is 2.60. The monoisotopic (exact) mass is 174 g/mol. The van der Waals surface area contributed by atoms with Crippen LogP contribution < -0.4 is 5.73 Å². The highest BCUT2D eigenvalue weighted by Gasteiger charge is 2.12. The molecule has 1 aromatic rings. The molecule has 0 fully saturated rings. The summed E-state index contributed by atoms with van der Waals surface area (Å²) >= 11 is 0. The molecule has 0 saturated heterocycles. The maximum absolute atomic E-state index is 11.0. The van der Waals surface area contributed by atoms with E-state index in [0.717, 1.165) is 24.1 Å². The van der Waals surface area contributed by atoms with Crippen molar-refractivity contribution < 1.29 is 4.79 Å². The molecule has 0 radical (unpaired) electrons. The Labute approximate surface area is 76.3 Å². The van der Waals surface area contributed by atoms with Gasteiger partial charge >= 0.3 is 0 Å². The van der Waals surface area contributed by atoms with Gasteiger partial charge in [0.05, 0.1) is 0 Å². The van der Waals surface area contributed by atoms with Crippen LogP contribution in [0.1, 0.15) is 21.5 Å². The first-order valence-electron chi connectivity index (χ1n) is 4.20. The van der Waals surface area contributed by atoms with Crippen molar-refractivity contribution in [3.63, 3.8) is 0 Å². The maximum atomic E-state index is 11.0. The zero-order valence-corrected chi connectivity index (χ0v) is 7.16. The van der Waals surface area contributed by atoms with E-state index in [2.05, 4.69) is 4.99 Å². The van der Waals surface area contributed by atoms with Gasteiger partial charge < -0.3 is 5.73 Å². The molecular weight excluding hydrogens is 164 g/mol. The molecule has 1 aliphatic rings. The molecule has 0 aromatic heterocycles. The number of nitrogens with zero attached hydrogens (tertiary/aromatic N) is 1. The summed E-state index contributed by atoms with van der Waals surface area (Å²) in [6, 6.07) is 5.60. The van der Waals surface area contributed by atoms with Crippen LogP contribution in [0.2, 0.25) is 0 Å². The lowest BCUT2D eigenvalue weighted by molar-refractivity contribution is 0.1000. The second kappa shape index (κ2) is 3.01. The number of carbonyl (C=O) groups is 1. The first kappa shape index (κ1) is 7.98. The molecule has 1 aromatic carbocycles. The van der Waals surface area contributed by atoms with Crippen molar-refractivity contribution in [2.75, 3.05) is 6.54 Å².